The van der Waals surface area contributed by atoms with Crippen molar-refractivity contribution in [2.75, 3.05) is 12.9 Å². The molecule has 4 heteroatoms. The summed E-state index contributed by atoms with van der Waals surface area (Å²) >= 11 is 1.65. The van der Waals surface area contributed by atoms with Crippen LogP contribution in [0.4, 0.5) is 0 Å². The summed E-state index contributed by atoms with van der Waals surface area (Å²) < 4.78 is 4.68. The van der Waals surface area contributed by atoms with Crippen LogP contribution in [0.5, 0.6) is 0 Å². The first kappa shape index (κ1) is 15.6. The van der Waals surface area contributed by atoms with Gasteiger partial charge in [-0.25, -0.2) is 0 Å². The maximum atomic E-state index is 11.4. The lowest BCUT2D eigenvalue weighted by Gasteiger charge is -2.19. The van der Waals surface area contributed by atoms with Crippen molar-refractivity contribution in [3.8, 4) is 0 Å². The fraction of sp³-hybridized carbons (Fsp3) is 0.235. The first-order valence-electron chi connectivity index (χ1n) is 6.77. The highest BCUT2D eigenvalue weighted by Gasteiger charge is 2.19. The minimum absolute atomic E-state index is 0.156. The SMILES string of the molecule is COC(=O)[C@H](N)CSC(c1ccccc1)c1ccccc1. The molecule has 0 aliphatic rings. The maximum Gasteiger partial charge on any atom is 0.323 e. The van der Waals surface area contributed by atoms with Crippen molar-refractivity contribution in [3.63, 3.8) is 0 Å². The summed E-state index contributed by atoms with van der Waals surface area (Å²) in [6.45, 7) is 0. The van der Waals surface area contributed by atoms with Gasteiger partial charge in [0.1, 0.15) is 6.04 Å². The van der Waals surface area contributed by atoms with Crippen LogP contribution in [-0.2, 0) is 9.53 Å². The average Bonchev–Trinajstić information content (AvgIpc) is 2.56. The smallest absolute Gasteiger partial charge is 0.323 e. The van der Waals surface area contributed by atoms with Gasteiger partial charge >= 0.3 is 5.97 Å². The van der Waals surface area contributed by atoms with Gasteiger partial charge in [0.25, 0.3) is 0 Å². The van der Waals surface area contributed by atoms with Gasteiger partial charge in [0, 0.05) is 5.75 Å². The van der Waals surface area contributed by atoms with Crippen LogP contribution >= 0.6 is 11.8 Å². The normalized spacial score (nSPS) is 12.1. The summed E-state index contributed by atoms with van der Waals surface area (Å²) in [6, 6.07) is 19.8. The molecule has 0 bridgehead atoms. The Morgan fingerprint density at radius 2 is 1.52 bits per heavy atom. The zero-order chi connectivity index (χ0) is 15.1. The quantitative estimate of drug-likeness (QED) is 0.833. The first-order chi connectivity index (χ1) is 10.2. The summed E-state index contributed by atoms with van der Waals surface area (Å²) in [6.07, 6.45) is 0. The van der Waals surface area contributed by atoms with Gasteiger partial charge in [-0.3, -0.25) is 4.79 Å². The molecule has 0 saturated heterocycles. The number of carbonyl (C=O) groups excluding carboxylic acids is 1. The molecule has 110 valence electrons. The molecule has 2 rings (SSSR count). The number of rotatable bonds is 6. The van der Waals surface area contributed by atoms with Crippen molar-refractivity contribution in [1.29, 1.82) is 0 Å². The predicted octanol–water partition coefficient (Wildman–Crippen LogP) is 3.01. The van der Waals surface area contributed by atoms with Crippen molar-refractivity contribution < 1.29 is 9.53 Å². The Morgan fingerprint density at radius 3 is 1.95 bits per heavy atom. The van der Waals surface area contributed by atoms with E-state index in [4.69, 9.17) is 5.73 Å². The Kier molecular flexibility index (Phi) is 5.84. The molecule has 2 N–H and O–H groups in total. The van der Waals surface area contributed by atoms with Crippen LogP contribution in [0, 0.1) is 0 Å². The van der Waals surface area contributed by atoms with Crippen LogP contribution in [0.1, 0.15) is 16.4 Å². The van der Waals surface area contributed by atoms with Gasteiger partial charge in [0.05, 0.1) is 12.4 Å². The van der Waals surface area contributed by atoms with Crippen LogP contribution in [0.25, 0.3) is 0 Å². The summed E-state index contributed by atoms with van der Waals surface area (Å²) in [4.78, 5) is 11.4. The number of hydrogen-bond acceptors (Lipinski definition) is 4. The maximum absolute atomic E-state index is 11.4. The highest BCUT2D eigenvalue weighted by molar-refractivity contribution is 7.99. The van der Waals surface area contributed by atoms with Gasteiger partial charge in [-0.15, -0.1) is 11.8 Å². The highest BCUT2D eigenvalue weighted by atomic mass is 32.2. The molecule has 3 nitrogen and oxygen atoms in total. The molecule has 0 aliphatic heterocycles. The molecule has 0 aromatic heterocycles. The van der Waals surface area contributed by atoms with Crippen LogP contribution < -0.4 is 5.73 Å². The van der Waals surface area contributed by atoms with E-state index < -0.39 is 6.04 Å². The molecule has 0 spiro atoms. The molecule has 2 aromatic carbocycles. The van der Waals surface area contributed by atoms with E-state index in [0.717, 1.165) is 0 Å². The third-order valence-corrected chi connectivity index (χ3v) is 4.58. The van der Waals surface area contributed by atoms with Crippen LogP contribution in [-0.4, -0.2) is 24.9 Å². The predicted molar refractivity (Wildman–Crippen MR) is 87.2 cm³/mol. The van der Waals surface area contributed by atoms with E-state index in [2.05, 4.69) is 29.0 Å². The van der Waals surface area contributed by atoms with Crippen molar-refractivity contribution in [3.05, 3.63) is 71.8 Å². The number of methoxy groups -OCH3 is 1. The van der Waals surface area contributed by atoms with Crippen molar-refractivity contribution >= 4 is 17.7 Å². The number of thioether (sulfide) groups is 1. The Hall–Kier alpha value is -1.78. The second-order valence-electron chi connectivity index (χ2n) is 4.66. The van der Waals surface area contributed by atoms with E-state index in [-0.39, 0.29) is 11.2 Å². The molecule has 0 radical (unpaired) electrons. The molecule has 0 unspecified atom stereocenters. The Bertz CT molecular complexity index is 520. The van der Waals surface area contributed by atoms with E-state index in [9.17, 15) is 4.79 Å². The largest absolute Gasteiger partial charge is 0.468 e. The summed E-state index contributed by atoms with van der Waals surface area (Å²) in [7, 11) is 1.36. The van der Waals surface area contributed by atoms with Gasteiger partial charge < -0.3 is 10.5 Å². The fourth-order valence-corrected chi connectivity index (χ4v) is 3.29. The van der Waals surface area contributed by atoms with E-state index in [1.54, 1.807) is 11.8 Å². The zero-order valence-corrected chi connectivity index (χ0v) is 12.8. The molecular weight excluding hydrogens is 282 g/mol. The van der Waals surface area contributed by atoms with Gasteiger partial charge in [0.15, 0.2) is 0 Å². The highest BCUT2D eigenvalue weighted by Crippen LogP contribution is 2.35. The minimum Gasteiger partial charge on any atom is -0.468 e. The lowest BCUT2D eigenvalue weighted by atomic mass is 10.0. The lowest BCUT2D eigenvalue weighted by Crippen LogP contribution is -2.34. The third-order valence-electron chi connectivity index (χ3n) is 3.15. The summed E-state index contributed by atoms with van der Waals surface area (Å²) in [5.41, 5.74) is 8.24. The molecule has 1 atom stereocenters. The summed E-state index contributed by atoms with van der Waals surface area (Å²) in [5, 5.41) is 0.156. The van der Waals surface area contributed by atoms with Gasteiger partial charge in [0.2, 0.25) is 0 Å². The molecule has 0 amide bonds. The van der Waals surface area contributed by atoms with Crippen molar-refractivity contribution in [1.82, 2.24) is 0 Å². The fourth-order valence-electron chi connectivity index (χ4n) is 2.06. The zero-order valence-electron chi connectivity index (χ0n) is 11.9. The molecule has 0 aliphatic carbocycles. The first-order valence-corrected chi connectivity index (χ1v) is 7.82. The Labute approximate surface area is 129 Å². The van der Waals surface area contributed by atoms with Gasteiger partial charge in [-0.05, 0) is 11.1 Å². The molecule has 0 fully saturated rings. The Morgan fingerprint density at radius 1 is 1.05 bits per heavy atom. The van der Waals surface area contributed by atoms with E-state index in [1.165, 1.54) is 18.2 Å². The van der Waals surface area contributed by atoms with Crippen LogP contribution in [0.3, 0.4) is 0 Å². The van der Waals surface area contributed by atoms with Crippen LogP contribution in [0.15, 0.2) is 60.7 Å². The van der Waals surface area contributed by atoms with Gasteiger partial charge in [-0.1, -0.05) is 60.7 Å². The van der Waals surface area contributed by atoms with Gasteiger partial charge in [-0.2, -0.15) is 0 Å². The molecular formula is C17H19NO2S. The van der Waals surface area contributed by atoms with Crippen molar-refractivity contribution in [2.45, 2.75) is 11.3 Å². The monoisotopic (exact) mass is 301 g/mol. The topological polar surface area (TPSA) is 52.3 Å². The standard InChI is InChI=1S/C17H19NO2S/c1-20-17(19)15(18)12-21-16(13-8-4-2-5-9-13)14-10-6-3-7-11-14/h2-11,15-16H,12,18H2,1H3/t15-/m1/s1. The number of nitrogens with two attached hydrogens (primary N) is 1. The van der Waals surface area contributed by atoms with E-state index in [0.29, 0.717) is 5.75 Å². The van der Waals surface area contributed by atoms with E-state index in [1.807, 2.05) is 36.4 Å². The average molecular weight is 301 g/mol. The second-order valence-corrected chi connectivity index (χ2v) is 5.80. The molecule has 21 heavy (non-hydrogen) atoms. The number of ether oxygens (including phenoxy) is 1. The molecule has 2 aromatic rings. The molecule has 0 heterocycles. The summed E-state index contributed by atoms with van der Waals surface area (Å²) in [5.74, 6) is 0.142. The second kappa shape index (κ2) is 7.86. The van der Waals surface area contributed by atoms with Crippen LogP contribution in [0.2, 0.25) is 0 Å². The Balaban J connectivity index is 2.16. The number of hydrogen-bond donors (Lipinski definition) is 1. The molecule has 0 saturated carbocycles. The van der Waals surface area contributed by atoms with Crippen molar-refractivity contribution in [2.24, 2.45) is 5.73 Å². The number of carbonyl (C=O) groups is 1. The number of esters is 1. The number of benzene rings is 2. The minimum atomic E-state index is -0.602. The third kappa shape index (κ3) is 4.34. The lowest BCUT2D eigenvalue weighted by molar-refractivity contribution is -0.141. The van der Waals surface area contributed by atoms with E-state index >= 15 is 0 Å².